The largest absolute Gasteiger partial charge is 0.341 e. The topological polar surface area (TPSA) is 63.9 Å². The lowest BCUT2D eigenvalue weighted by molar-refractivity contribution is -0.132. The second-order valence-electron chi connectivity index (χ2n) is 7.61. The van der Waals surface area contributed by atoms with E-state index in [2.05, 4.69) is 42.4 Å². The summed E-state index contributed by atoms with van der Waals surface area (Å²) in [5.74, 6) is 1.28. The summed E-state index contributed by atoms with van der Waals surface area (Å²) < 4.78 is 1.73. The molecule has 1 aromatic heterocycles. The van der Waals surface area contributed by atoms with Gasteiger partial charge in [0, 0.05) is 13.1 Å². The first kappa shape index (κ1) is 18.9. The van der Waals surface area contributed by atoms with Gasteiger partial charge in [0.05, 0.1) is 10.9 Å². The molecule has 3 rings (SSSR count). The van der Waals surface area contributed by atoms with Crippen LogP contribution in [0, 0.1) is 25.7 Å². The maximum absolute atomic E-state index is 12.9. The minimum atomic E-state index is -0.219. The normalized spacial score (nSPS) is 21.7. The van der Waals surface area contributed by atoms with Crippen LogP contribution in [0.5, 0.6) is 0 Å². The number of piperidine rings is 1. The summed E-state index contributed by atoms with van der Waals surface area (Å²) in [7, 11) is 0. The second-order valence-corrected chi connectivity index (χ2v) is 8.92. The van der Waals surface area contributed by atoms with Crippen LogP contribution >= 0.6 is 11.8 Å². The van der Waals surface area contributed by atoms with Crippen LogP contribution in [-0.4, -0.2) is 49.4 Å². The third-order valence-electron chi connectivity index (χ3n) is 4.83. The van der Waals surface area contributed by atoms with Crippen molar-refractivity contribution in [1.82, 2.24) is 25.1 Å². The Bertz CT molecular complexity index is 780. The SMILES string of the molecule is Cc1ccc(-n2nnnc2S[C@@H](C)C(=O)N2C[C@H](C)C[C@H](C)C2)c(C)c1. The van der Waals surface area contributed by atoms with E-state index in [1.807, 2.05) is 30.9 Å². The van der Waals surface area contributed by atoms with Crippen LogP contribution in [0.3, 0.4) is 0 Å². The molecule has 0 unspecified atom stereocenters. The average Bonchev–Trinajstić information content (AvgIpc) is 3.01. The highest BCUT2D eigenvalue weighted by atomic mass is 32.2. The summed E-state index contributed by atoms with van der Waals surface area (Å²) in [5.41, 5.74) is 3.25. The van der Waals surface area contributed by atoms with Crippen molar-refractivity contribution >= 4 is 17.7 Å². The van der Waals surface area contributed by atoms with Gasteiger partial charge in [0.2, 0.25) is 11.1 Å². The van der Waals surface area contributed by atoms with Gasteiger partial charge in [0.15, 0.2) is 0 Å². The van der Waals surface area contributed by atoms with Gasteiger partial charge in [-0.3, -0.25) is 4.79 Å². The summed E-state index contributed by atoms with van der Waals surface area (Å²) in [6, 6.07) is 6.17. The fourth-order valence-corrected chi connectivity index (χ4v) is 4.64. The molecule has 2 aromatic rings. The molecule has 2 heterocycles. The number of carbonyl (C=O) groups is 1. The summed E-state index contributed by atoms with van der Waals surface area (Å²) >= 11 is 1.42. The van der Waals surface area contributed by atoms with E-state index in [1.165, 1.54) is 23.7 Å². The Hall–Kier alpha value is -1.89. The summed E-state index contributed by atoms with van der Waals surface area (Å²) in [5, 5.41) is 12.5. The molecule has 0 radical (unpaired) electrons. The number of hydrogen-bond acceptors (Lipinski definition) is 5. The number of amides is 1. The lowest BCUT2D eigenvalue weighted by Gasteiger charge is -2.36. The molecule has 140 valence electrons. The van der Waals surface area contributed by atoms with E-state index in [9.17, 15) is 4.79 Å². The van der Waals surface area contributed by atoms with Crippen LogP contribution in [-0.2, 0) is 4.79 Å². The van der Waals surface area contributed by atoms with Gasteiger partial charge in [-0.25, -0.2) is 0 Å². The van der Waals surface area contributed by atoms with Crippen LogP contribution in [0.15, 0.2) is 23.4 Å². The number of tetrazole rings is 1. The smallest absolute Gasteiger partial charge is 0.235 e. The maximum Gasteiger partial charge on any atom is 0.235 e. The zero-order valence-corrected chi connectivity index (χ0v) is 17.0. The Morgan fingerprint density at radius 1 is 1.23 bits per heavy atom. The average molecular weight is 374 g/mol. The molecule has 0 bridgehead atoms. The monoisotopic (exact) mass is 373 g/mol. The van der Waals surface area contributed by atoms with E-state index in [1.54, 1.807) is 4.68 Å². The van der Waals surface area contributed by atoms with Crippen molar-refractivity contribution in [2.45, 2.75) is 51.4 Å². The Balaban J connectivity index is 1.75. The molecule has 1 saturated heterocycles. The molecular formula is C19H27N5OS. The van der Waals surface area contributed by atoms with Crippen molar-refractivity contribution in [2.24, 2.45) is 11.8 Å². The van der Waals surface area contributed by atoms with Crippen molar-refractivity contribution in [1.29, 1.82) is 0 Å². The number of aryl methyl sites for hydroxylation is 2. The third-order valence-corrected chi connectivity index (χ3v) is 5.85. The number of likely N-dealkylation sites (tertiary alicyclic amines) is 1. The Morgan fingerprint density at radius 3 is 2.58 bits per heavy atom. The van der Waals surface area contributed by atoms with Crippen molar-refractivity contribution in [2.75, 3.05) is 13.1 Å². The van der Waals surface area contributed by atoms with Gasteiger partial charge < -0.3 is 4.90 Å². The van der Waals surface area contributed by atoms with E-state index in [0.29, 0.717) is 17.0 Å². The van der Waals surface area contributed by atoms with Crippen LogP contribution < -0.4 is 0 Å². The highest BCUT2D eigenvalue weighted by Gasteiger charge is 2.29. The molecule has 26 heavy (non-hydrogen) atoms. The minimum absolute atomic E-state index is 0.170. The van der Waals surface area contributed by atoms with Crippen molar-refractivity contribution < 1.29 is 4.79 Å². The van der Waals surface area contributed by atoms with Crippen LogP contribution in [0.2, 0.25) is 0 Å². The van der Waals surface area contributed by atoms with Gasteiger partial charge in [-0.1, -0.05) is 43.3 Å². The molecule has 0 aliphatic carbocycles. The van der Waals surface area contributed by atoms with Crippen molar-refractivity contribution in [3.8, 4) is 5.69 Å². The summed E-state index contributed by atoms with van der Waals surface area (Å²) in [4.78, 5) is 14.9. The highest BCUT2D eigenvalue weighted by Crippen LogP contribution is 2.28. The van der Waals surface area contributed by atoms with Gasteiger partial charge in [-0.15, -0.1) is 5.10 Å². The van der Waals surface area contributed by atoms with Gasteiger partial charge in [0.1, 0.15) is 0 Å². The first-order chi connectivity index (χ1) is 12.3. The van der Waals surface area contributed by atoms with E-state index in [0.717, 1.165) is 24.3 Å². The van der Waals surface area contributed by atoms with E-state index < -0.39 is 0 Å². The first-order valence-electron chi connectivity index (χ1n) is 9.16. The van der Waals surface area contributed by atoms with Crippen molar-refractivity contribution in [3.63, 3.8) is 0 Å². The molecule has 3 atom stereocenters. The molecule has 0 saturated carbocycles. The fraction of sp³-hybridized carbons (Fsp3) is 0.579. The minimum Gasteiger partial charge on any atom is -0.341 e. The van der Waals surface area contributed by atoms with E-state index in [-0.39, 0.29) is 11.2 Å². The maximum atomic E-state index is 12.9. The predicted molar refractivity (Wildman–Crippen MR) is 103 cm³/mol. The molecule has 0 N–H and O–H groups in total. The van der Waals surface area contributed by atoms with Crippen LogP contribution in [0.25, 0.3) is 5.69 Å². The molecule has 7 heteroatoms. The van der Waals surface area contributed by atoms with Gasteiger partial charge in [-0.05, 0) is 61.1 Å². The van der Waals surface area contributed by atoms with Crippen molar-refractivity contribution in [3.05, 3.63) is 29.3 Å². The molecular weight excluding hydrogens is 346 g/mol. The number of thioether (sulfide) groups is 1. The third kappa shape index (κ3) is 4.09. The Labute approximate surface area is 159 Å². The molecule has 6 nitrogen and oxygen atoms in total. The number of aromatic nitrogens is 4. The van der Waals surface area contributed by atoms with E-state index in [4.69, 9.17) is 0 Å². The molecule has 1 aliphatic rings. The van der Waals surface area contributed by atoms with Gasteiger partial charge in [0.25, 0.3) is 0 Å². The first-order valence-corrected chi connectivity index (χ1v) is 10.0. The van der Waals surface area contributed by atoms with E-state index >= 15 is 0 Å². The molecule has 0 spiro atoms. The molecule has 1 amide bonds. The number of nitrogens with zero attached hydrogens (tertiary/aromatic N) is 5. The molecule has 1 aliphatic heterocycles. The van der Waals surface area contributed by atoms with Crippen LogP contribution in [0.1, 0.15) is 38.3 Å². The quantitative estimate of drug-likeness (QED) is 0.770. The number of rotatable bonds is 4. The Kier molecular flexibility index (Phi) is 5.65. The lowest BCUT2D eigenvalue weighted by atomic mass is 9.92. The molecule has 1 aromatic carbocycles. The predicted octanol–water partition coefficient (Wildman–Crippen LogP) is 3.26. The van der Waals surface area contributed by atoms with Crippen LogP contribution in [0.4, 0.5) is 0 Å². The number of hydrogen-bond donors (Lipinski definition) is 0. The zero-order chi connectivity index (χ0) is 18.8. The second kappa shape index (κ2) is 7.78. The lowest BCUT2D eigenvalue weighted by Crippen LogP contribution is -2.45. The summed E-state index contributed by atoms with van der Waals surface area (Å²) in [6.45, 7) is 12.2. The van der Waals surface area contributed by atoms with Gasteiger partial charge >= 0.3 is 0 Å². The number of carbonyl (C=O) groups excluding carboxylic acids is 1. The molecule has 1 fully saturated rings. The summed E-state index contributed by atoms with van der Waals surface area (Å²) in [6.07, 6.45) is 1.19. The standard InChI is InChI=1S/C19H27N5OS/c1-12-6-7-17(15(4)9-12)24-19(20-21-22-24)26-16(5)18(25)23-10-13(2)8-14(3)11-23/h6-7,9,13-14,16H,8,10-11H2,1-5H3/t13-,14+,16-/m0/s1. The fourth-order valence-electron chi connectivity index (χ4n) is 3.76. The number of benzene rings is 1. The van der Waals surface area contributed by atoms with Gasteiger partial charge in [-0.2, -0.15) is 4.68 Å². The zero-order valence-electron chi connectivity index (χ0n) is 16.1. The Morgan fingerprint density at radius 2 is 1.92 bits per heavy atom. The highest BCUT2D eigenvalue weighted by molar-refractivity contribution is 8.00.